The molecule has 3 nitrogen and oxygen atoms in total. The van der Waals surface area contributed by atoms with Gasteiger partial charge in [-0.3, -0.25) is 0 Å². The fourth-order valence-corrected chi connectivity index (χ4v) is 4.94. The van der Waals surface area contributed by atoms with E-state index in [1.54, 1.807) is 7.11 Å². The van der Waals surface area contributed by atoms with Crippen LogP contribution in [-0.2, 0) is 6.54 Å². The van der Waals surface area contributed by atoms with E-state index in [1.165, 1.54) is 27.4 Å². The fraction of sp³-hybridized carbons (Fsp3) is 0.0938. The first kappa shape index (κ1) is 21.2. The molecule has 0 saturated heterocycles. The zero-order valence-corrected chi connectivity index (χ0v) is 19.9. The number of fused-ring (bicyclic) bond motifs is 3. The minimum absolute atomic E-state index is 0.839. The van der Waals surface area contributed by atoms with Gasteiger partial charge in [0, 0.05) is 39.5 Å². The van der Waals surface area contributed by atoms with Crippen molar-refractivity contribution in [1.29, 1.82) is 0 Å². The largest absolute Gasteiger partial charge is 0.497 e. The lowest BCUT2D eigenvalue weighted by molar-refractivity contribution is 0.415. The summed E-state index contributed by atoms with van der Waals surface area (Å²) >= 11 is 0. The van der Waals surface area contributed by atoms with E-state index in [2.05, 4.69) is 102 Å². The first-order valence-electron chi connectivity index (χ1n) is 12.0. The van der Waals surface area contributed by atoms with Gasteiger partial charge in [0.2, 0.25) is 0 Å². The highest BCUT2D eigenvalue weighted by atomic mass is 16.5. The molecule has 0 fully saturated rings. The number of nitrogens with zero attached hydrogens (tertiary/aromatic N) is 2. The highest BCUT2D eigenvalue weighted by Crippen LogP contribution is 2.35. The summed E-state index contributed by atoms with van der Waals surface area (Å²) < 4.78 is 7.74. The van der Waals surface area contributed by atoms with Crippen LogP contribution in [0.5, 0.6) is 5.75 Å². The van der Waals surface area contributed by atoms with Gasteiger partial charge in [0.1, 0.15) is 5.75 Å². The fourth-order valence-electron chi connectivity index (χ4n) is 4.94. The Hall–Kier alpha value is -4.37. The Labute approximate surface area is 205 Å². The molecule has 0 N–H and O–H groups in total. The van der Waals surface area contributed by atoms with Crippen LogP contribution in [0.25, 0.3) is 55.4 Å². The third-order valence-electron chi connectivity index (χ3n) is 6.70. The zero-order chi connectivity index (χ0) is 23.8. The number of hydrogen-bond donors (Lipinski definition) is 0. The van der Waals surface area contributed by atoms with Gasteiger partial charge in [-0.25, -0.2) is 4.98 Å². The summed E-state index contributed by atoms with van der Waals surface area (Å²) in [5, 5.41) is 2.57. The lowest BCUT2D eigenvalue weighted by Crippen LogP contribution is -1.93. The summed E-state index contributed by atoms with van der Waals surface area (Å²) in [6.45, 7) is 3.15. The molecule has 4 aromatic carbocycles. The van der Waals surface area contributed by atoms with E-state index in [1.807, 2.05) is 18.2 Å². The van der Waals surface area contributed by atoms with E-state index in [-0.39, 0.29) is 0 Å². The van der Waals surface area contributed by atoms with Crippen molar-refractivity contribution in [3.05, 3.63) is 109 Å². The van der Waals surface area contributed by atoms with Crippen LogP contribution in [0.4, 0.5) is 0 Å². The van der Waals surface area contributed by atoms with Gasteiger partial charge in [0.25, 0.3) is 0 Å². The van der Waals surface area contributed by atoms with Crippen LogP contribution >= 0.6 is 0 Å². The molecule has 170 valence electrons. The van der Waals surface area contributed by atoms with E-state index >= 15 is 0 Å². The quantitative estimate of drug-likeness (QED) is 0.262. The monoisotopic (exact) mass is 454 g/mol. The Balaban J connectivity index is 1.56. The number of benzene rings is 4. The Morgan fingerprint density at radius 1 is 0.600 bits per heavy atom. The minimum Gasteiger partial charge on any atom is -0.497 e. The number of aryl methyl sites for hydroxylation is 1. The molecule has 2 aromatic heterocycles. The van der Waals surface area contributed by atoms with E-state index < -0.39 is 0 Å². The van der Waals surface area contributed by atoms with Crippen LogP contribution in [0.15, 0.2) is 109 Å². The highest BCUT2D eigenvalue weighted by Gasteiger charge is 2.13. The normalized spacial score (nSPS) is 11.3. The molecule has 0 bridgehead atoms. The molecule has 0 amide bonds. The number of hydrogen-bond acceptors (Lipinski definition) is 2. The first-order chi connectivity index (χ1) is 17.2. The summed E-state index contributed by atoms with van der Waals surface area (Å²) in [7, 11) is 1.69. The van der Waals surface area contributed by atoms with Gasteiger partial charge in [-0.1, -0.05) is 54.6 Å². The number of pyridine rings is 1. The molecule has 35 heavy (non-hydrogen) atoms. The van der Waals surface area contributed by atoms with Gasteiger partial charge < -0.3 is 9.30 Å². The van der Waals surface area contributed by atoms with Crippen LogP contribution in [0.1, 0.15) is 6.92 Å². The summed E-state index contributed by atoms with van der Waals surface area (Å²) in [4.78, 5) is 5.04. The second kappa shape index (κ2) is 8.77. The van der Waals surface area contributed by atoms with Crippen LogP contribution in [-0.4, -0.2) is 16.7 Å². The van der Waals surface area contributed by atoms with Crippen molar-refractivity contribution in [2.75, 3.05) is 7.11 Å². The van der Waals surface area contributed by atoms with E-state index in [0.29, 0.717) is 0 Å². The van der Waals surface area contributed by atoms with Crippen molar-refractivity contribution in [2.45, 2.75) is 13.5 Å². The van der Waals surface area contributed by atoms with Crippen LogP contribution in [0.3, 0.4) is 0 Å². The standard InChI is InChI=1S/C32H26N2O/c1-3-34-31-12-8-7-11-27(31)28-19-24(15-18-32(28)34)25-20-29(22-9-5-4-6-10-22)33-30(21-25)23-13-16-26(35-2)17-14-23/h4-21H,3H2,1-2H3. The molecule has 6 rings (SSSR count). The second-order valence-electron chi connectivity index (χ2n) is 8.71. The number of methoxy groups -OCH3 is 1. The maximum Gasteiger partial charge on any atom is 0.118 e. The molecule has 0 saturated carbocycles. The molecule has 0 unspecified atom stereocenters. The maximum atomic E-state index is 5.36. The molecule has 0 spiro atoms. The van der Waals surface area contributed by atoms with E-state index in [9.17, 15) is 0 Å². The van der Waals surface area contributed by atoms with Gasteiger partial charge in [-0.05, 0) is 72.6 Å². The number of ether oxygens (including phenoxy) is 1. The molecule has 0 aliphatic carbocycles. The van der Waals surface area contributed by atoms with Crippen LogP contribution in [0.2, 0.25) is 0 Å². The van der Waals surface area contributed by atoms with Gasteiger partial charge in [0.15, 0.2) is 0 Å². The van der Waals surface area contributed by atoms with Crippen LogP contribution in [0, 0.1) is 0 Å². The van der Waals surface area contributed by atoms with E-state index in [4.69, 9.17) is 9.72 Å². The van der Waals surface area contributed by atoms with Crippen molar-refractivity contribution in [3.63, 3.8) is 0 Å². The van der Waals surface area contributed by atoms with Crippen molar-refractivity contribution in [2.24, 2.45) is 0 Å². The Kier molecular flexibility index (Phi) is 5.31. The van der Waals surface area contributed by atoms with Gasteiger partial charge in [0.05, 0.1) is 18.5 Å². The third-order valence-corrected chi connectivity index (χ3v) is 6.70. The molecular weight excluding hydrogens is 428 g/mol. The summed E-state index contributed by atoms with van der Waals surface area (Å²) in [5.41, 5.74) is 8.96. The maximum absolute atomic E-state index is 5.36. The molecule has 0 radical (unpaired) electrons. The van der Waals surface area contributed by atoms with Crippen molar-refractivity contribution < 1.29 is 4.74 Å². The molecule has 0 aliphatic rings. The lowest BCUT2D eigenvalue weighted by Gasteiger charge is -2.11. The summed E-state index contributed by atoms with van der Waals surface area (Å²) in [6, 6.07) is 38.3. The predicted octanol–water partition coefficient (Wildman–Crippen LogP) is 8.22. The molecular formula is C32H26N2O. The Morgan fingerprint density at radius 3 is 1.94 bits per heavy atom. The lowest BCUT2D eigenvalue weighted by atomic mass is 9.98. The first-order valence-corrected chi connectivity index (χ1v) is 12.0. The van der Waals surface area contributed by atoms with Gasteiger partial charge >= 0.3 is 0 Å². The number of rotatable bonds is 5. The summed E-state index contributed by atoms with van der Waals surface area (Å²) in [6.07, 6.45) is 0. The highest BCUT2D eigenvalue weighted by molar-refractivity contribution is 6.09. The number of para-hydroxylation sites is 1. The van der Waals surface area contributed by atoms with Crippen LogP contribution < -0.4 is 4.74 Å². The minimum atomic E-state index is 0.839. The van der Waals surface area contributed by atoms with Crippen molar-refractivity contribution >= 4 is 21.8 Å². The average Bonchev–Trinajstić information content (AvgIpc) is 3.26. The molecule has 2 heterocycles. The smallest absolute Gasteiger partial charge is 0.118 e. The Bertz CT molecular complexity index is 1650. The van der Waals surface area contributed by atoms with Gasteiger partial charge in [-0.2, -0.15) is 0 Å². The molecule has 0 aliphatic heterocycles. The number of aromatic nitrogens is 2. The van der Waals surface area contributed by atoms with Gasteiger partial charge in [-0.15, -0.1) is 0 Å². The predicted molar refractivity (Wildman–Crippen MR) is 146 cm³/mol. The molecule has 3 heteroatoms. The third kappa shape index (κ3) is 3.75. The summed E-state index contributed by atoms with van der Waals surface area (Å²) in [5.74, 6) is 0.839. The molecule has 6 aromatic rings. The van der Waals surface area contributed by atoms with Crippen molar-refractivity contribution in [3.8, 4) is 39.4 Å². The zero-order valence-electron chi connectivity index (χ0n) is 19.9. The van der Waals surface area contributed by atoms with Crippen molar-refractivity contribution in [1.82, 2.24) is 9.55 Å². The van der Waals surface area contributed by atoms with E-state index in [0.717, 1.165) is 40.4 Å². The molecule has 0 atom stereocenters. The topological polar surface area (TPSA) is 27.1 Å². The second-order valence-corrected chi connectivity index (χ2v) is 8.71. The average molecular weight is 455 g/mol. The Morgan fingerprint density at radius 2 is 1.23 bits per heavy atom. The SMILES string of the molecule is CCn1c2ccccc2c2cc(-c3cc(-c4ccccc4)nc(-c4ccc(OC)cc4)c3)ccc21.